The predicted molar refractivity (Wildman–Crippen MR) is 104 cm³/mol. The zero-order chi connectivity index (χ0) is 23.3. The number of ether oxygens (including phenoxy) is 1. The number of nitrogens with zero attached hydrogens (tertiary/aromatic N) is 3. The quantitative estimate of drug-likeness (QED) is 0.681. The van der Waals surface area contributed by atoms with Crippen LogP contribution in [0.4, 0.5) is 13.2 Å². The highest BCUT2D eigenvalue weighted by molar-refractivity contribution is 5.76. The summed E-state index contributed by atoms with van der Waals surface area (Å²) in [5.74, 6) is -1.44. The molecule has 2 aromatic rings. The standard InChI is InChI=1S/C18H24N4O3.C2HF3O2/c1-21-9-13(7-20-21)10-22-11-14-5-16(25-17(14)12-22)6-18(23)19-8-15-3-2-4-24-15;3-2(4,5)1(6)7/h2-4,7,9,14,16-17H,5-6,8,10-12H2,1H3,(H,19,23);(H,6,7)/t14-,16+,17+;/m0./s1. The van der Waals surface area contributed by atoms with Gasteiger partial charge in [0.1, 0.15) is 5.76 Å². The topological polar surface area (TPSA) is 110 Å². The molecule has 2 aromatic heterocycles. The molecular weight excluding hydrogens is 433 g/mol. The molecule has 4 rings (SSSR count). The zero-order valence-electron chi connectivity index (χ0n) is 17.4. The van der Waals surface area contributed by atoms with Crippen LogP contribution in [0.25, 0.3) is 0 Å². The van der Waals surface area contributed by atoms with Gasteiger partial charge in [0.15, 0.2) is 0 Å². The highest BCUT2D eigenvalue weighted by Crippen LogP contribution is 2.34. The molecule has 9 nitrogen and oxygen atoms in total. The smallest absolute Gasteiger partial charge is 0.475 e. The van der Waals surface area contributed by atoms with Crippen molar-refractivity contribution in [1.82, 2.24) is 20.0 Å². The Hall–Kier alpha value is -2.86. The van der Waals surface area contributed by atoms with Gasteiger partial charge in [-0.2, -0.15) is 18.3 Å². The average molecular weight is 458 g/mol. The number of carbonyl (C=O) groups is 2. The first-order valence-corrected chi connectivity index (χ1v) is 10.0. The molecule has 0 bridgehead atoms. The van der Waals surface area contributed by atoms with Gasteiger partial charge in [0.05, 0.1) is 37.6 Å². The van der Waals surface area contributed by atoms with Crippen molar-refractivity contribution < 1.29 is 37.0 Å². The van der Waals surface area contributed by atoms with Crippen molar-refractivity contribution in [3.8, 4) is 0 Å². The van der Waals surface area contributed by atoms with Gasteiger partial charge in [0.2, 0.25) is 5.91 Å². The van der Waals surface area contributed by atoms with E-state index in [1.54, 1.807) is 6.26 Å². The summed E-state index contributed by atoms with van der Waals surface area (Å²) in [5.41, 5.74) is 1.23. The lowest BCUT2D eigenvalue weighted by molar-refractivity contribution is -0.192. The summed E-state index contributed by atoms with van der Waals surface area (Å²) in [6, 6.07) is 3.67. The maximum Gasteiger partial charge on any atom is 0.490 e. The number of nitrogens with one attached hydrogen (secondary N) is 1. The maximum absolute atomic E-state index is 12.1. The van der Waals surface area contributed by atoms with Gasteiger partial charge >= 0.3 is 12.1 Å². The monoisotopic (exact) mass is 458 g/mol. The number of carboxylic acid groups (broad SMARTS) is 1. The minimum Gasteiger partial charge on any atom is -0.475 e. The highest BCUT2D eigenvalue weighted by atomic mass is 19.4. The van der Waals surface area contributed by atoms with Gasteiger partial charge in [-0.05, 0) is 18.6 Å². The van der Waals surface area contributed by atoms with E-state index in [1.807, 2.05) is 30.1 Å². The van der Waals surface area contributed by atoms with Crippen LogP contribution in [0.15, 0.2) is 35.2 Å². The molecule has 0 aliphatic carbocycles. The minimum atomic E-state index is -5.08. The van der Waals surface area contributed by atoms with E-state index in [2.05, 4.69) is 21.5 Å². The Morgan fingerprint density at radius 2 is 2.09 bits per heavy atom. The SMILES string of the molecule is Cn1cc(CN2C[C@@H]3C[C@H](CC(=O)NCc4ccco4)O[C@@H]3C2)cn1.O=C(O)C(F)(F)F. The van der Waals surface area contributed by atoms with Crippen LogP contribution in [-0.4, -0.2) is 63.1 Å². The number of aryl methyl sites for hydroxylation is 1. The van der Waals surface area contributed by atoms with Crippen molar-refractivity contribution in [2.24, 2.45) is 13.0 Å². The first kappa shape index (κ1) is 23.8. The van der Waals surface area contributed by atoms with Crippen molar-refractivity contribution in [1.29, 1.82) is 0 Å². The summed E-state index contributed by atoms with van der Waals surface area (Å²) in [6.07, 6.45) is 2.17. The fourth-order valence-electron chi connectivity index (χ4n) is 3.90. The van der Waals surface area contributed by atoms with Crippen molar-refractivity contribution in [3.63, 3.8) is 0 Å². The predicted octanol–water partition coefficient (Wildman–Crippen LogP) is 1.94. The molecule has 0 radical (unpaired) electrons. The highest BCUT2D eigenvalue weighted by Gasteiger charge is 2.42. The molecule has 2 aliphatic rings. The second-order valence-corrected chi connectivity index (χ2v) is 7.87. The van der Waals surface area contributed by atoms with Crippen molar-refractivity contribution in [2.45, 2.75) is 44.3 Å². The van der Waals surface area contributed by atoms with Crippen LogP contribution in [0.1, 0.15) is 24.2 Å². The van der Waals surface area contributed by atoms with Crippen molar-refractivity contribution in [2.75, 3.05) is 13.1 Å². The van der Waals surface area contributed by atoms with Crippen LogP contribution in [0.5, 0.6) is 0 Å². The third kappa shape index (κ3) is 6.82. The number of aliphatic carboxylic acids is 1. The lowest BCUT2D eigenvalue weighted by Crippen LogP contribution is -2.29. The molecular formula is C20H25F3N4O5. The molecule has 1 amide bonds. The first-order valence-electron chi connectivity index (χ1n) is 10.0. The lowest BCUT2D eigenvalue weighted by Gasteiger charge is -2.18. The number of amides is 1. The normalized spacial score (nSPS) is 22.8. The van der Waals surface area contributed by atoms with E-state index in [0.29, 0.717) is 18.9 Å². The second-order valence-electron chi connectivity index (χ2n) is 7.87. The molecule has 176 valence electrons. The number of hydrogen-bond acceptors (Lipinski definition) is 6. The number of rotatable bonds is 6. The summed E-state index contributed by atoms with van der Waals surface area (Å²) < 4.78 is 44.9. The number of carboxylic acids is 1. The molecule has 2 fully saturated rings. The number of furan rings is 1. The minimum absolute atomic E-state index is 0.0218. The van der Waals surface area contributed by atoms with Crippen LogP contribution < -0.4 is 5.32 Å². The summed E-state index contributed by atoms with van der Waals surface area (Å²) >= 11 is 0. The Labute approximate surface area is 182 Å². The molecule has 0 aromatic carbocycles. The second kappa shape index (κ2) is 10.2. The number of hydrogen-bond donors (Lipinski definition) is 2. The Bertz CT molecular complexity index is 885. The number of likely N-dealkylation sites (tertiary alicyclic amines) is 1. The third-order valence-corrected chi connectivity index (χ3v) is 5.25. The van der Waals surface area contributed by atoms with Gasteiger partial charge in [-0.15, -0.1) is 0 Å². The molecule has 0 spiro atoms. The Kier molecular flexibility index (Phi) is 7.56. The molecule has 4 heterocycles. The van der Waals surface area contributed by atoms with E-state index in [4.69, 9.17) is 19.1 Å². The Balaban J connectivity index is 0.000000360. The molecule has 12 heteroatoms. The van der Waals surface area contributed by atoms with Crippen LogP contribution in [0.3, 0.4) is 0 Å². The fraction of sp³-hybridized carbons (Fsp3) is 0.550. The summed E-state index contributed by atoms with van der Waals surface area (Å²) in [4.78, 5) is 23.4. The molecule has 2 N–H and O–H groups in total. The summed E-state index contributed by atoms with van der Waals surface area (Å²) in [7, 11) is 1.94. The van der Waals surface area contributed by atoms with Crippen LogP contribution >= 0.6 is 0 Å². The van der Waals surface area contributed by atoms with Crippen molar-refractivity contribution in [3.05, 3.63) is 42.1 Å². The van der Waals surface area contributed by atoms with E-state index in [9.17, 15) is 18.0 Å². The third-order valence-electron chi connectivity index (χ3n) is 5.25. The molecule has 2 aliphatic heterocycles. The number of fused-ring (bicyclic) bond motifs is 1. The summed E-state index contributed by atoms with van der Waals surface area (Å²) in [5, 5.41) is 14.2. The van der Waals surface area contributed by atoms with Gasteiger partial charge < -0.3 is 19.6 Å². The number of alkyl halides is 3. The molecule has 0 unspecified atom stereocenters. The van der Waals surface area contributed by atoms with Gasteiger partial charge in [-0.25, -0.2) is 4.79 Å². The Morgan fingerprint density at radius 3 is 2.66 bits per heavy atom. The average Bonchev–Trinajstić information content (AvgIpc) is 3.46. The largest absolute Gasteiger partial charge is 0.490 e. The van der Waals surface area contributed by atoms with E-state index in [0.717, 1.165) is 31.8 Å². The van der Waals surface area contributed by atoms with Gasteiger partial charge in [0.25, 0.3) is 0 Å². The molecule has 32 heavy (non-hydrogen) atoms. The zero-order valence-corrected chi connectivity index (χ0v) is 17.4. The Morgan fingerprint density at radius 1 is 1.34 bits per heavy atom. The lowest BCUT2D eigenvalue weighted by atomic mass is 10.0. The van der Waals surface area contributed by atoms with E-state index < -0.39 is 12.1 Å². The van der Waals surface area contributed by atoms with Crippen LogP contribution in [0.2, 0.25) is 0 Å². The van der Waals surface area contributed by atoms with E-state index >= 15 is 0 Å². The van der Waals surface area contributed by atoms with Gasteiger partial charge in [-0.1, -0.05) is 0 Å². The number of aromatic nitrogens is 2. The molecule has 3 atom stereocenters. The first-order chi connectivity index (χ1) is 15.1. The van der Waals surface area contributed by atoms with Crippen LogP contribution in [0, 0.1) is 5.92 Å². The van der Waals surface area contributed by atoms with Crippen LogP contribution in [-0.2, 0) is 34.5 Å². The van der Waals surface area contributed by atoms with Gasteiger partial charge in [-0.3, -0.25) is 14.4 Å². The number of halogens is 3. The van der Waals surface area contributed by atoms with Gasteiger partial charge in [0, 0.05) is 44.4 Å². The molecule has 2 saturated heterocycles. The van der Waals surface area contributed by atoms with E-state index in [1.165, 1.54) is 5.56 Å². The molecule has 0 saturated carbocycles. The fourth-order valence-corrected chi connectivity index (χ4v) is 3.90. The maximum atomic E-state index is 12.1. The van der Waals surface area contributed by atoms with E-state index in [-0.39, 0.29) is 18.1 Å². The summed E-state index contributed by atoms with van der Waals surface area (Å²) in [6.45, 7) is 3.32. The number of carbonyl (C=O) groups excluding carboxylic acids is 1. The van der Waals surface area contributed by atoms with Crippen molar-refractivity contribution >= 4 is 11.9 Å².